The first kappa shape index (κ1) is 17.8. The van der Waals surface area contributed by atoms with Gasteiger partial charge in [-0.05, 0) is 35.1 Å². The van der Waals surface area contributed by atoms with Crippen LogP contribution in [0.25, 0.3) is 10.8 Å². The number of carbonyl (C=O) groups excluding carboxylic acids is 2. The maximum absolute atomic E-state index is 13.3. The number of carbonyl (C=O) groups is 2. The second-order valence-electron chi connectivity index (χ2n) is 9.19. The number of aromatic nitrogens is 1. The summed E-state index contributed by atoms with van der Waals surface area (Å²) in [5, 5.41) is 2.18. The number of fused-ring (bicyclic) bond motifs is 4. The highest BCUT2D eigenvalue weighted by Crippen LogP contribution is 2.58. The van der Waals surface area contributed by atoms with E-state index in [9.17, 15) is 9.59 Å². The van der Waals surface area contributed by atoms with Gasteiger partial charge in [-0.1, -0.05) is 37.3 Å². The number of nitrogens with zero attached hydrogens (tertiary/aromatic N) is 1. The molecule has 1 saturated carbocycles. The van der Waals surface area contributed by atoms with Crippen LogP contribution in [0.15, 0.2) is 71.8 Å². The third kappa shape index (κ3) is 2.43. The van der Waals surface area contributed by atoms with E-state index in [1.807, 2.05) is 18.3 Å². The summed E-state index contributed by atoms with van der Waals surface area (Å²) in [5.41, 5.74) is 2.52. The van der Waals surface area contributed by atoms with Crippen molar-refractivity contribution in [2.75, 3.05) is 0 Å². The van der Waals surface area contributed by atoms with E-state index in [-0.39, 0.29) is 34.9 Å². The zero-order valence-corrected chi connectivity index (χ0v) is 16.9. The number of rotatable bonds is 1. The molecule has 0 amide bonds. The number of allylic oxidation sites excluding steroid dienone is 4. The lowest BCUT2D eigenvalue weighted by Crippen LogP contribution is -2.41. The lowest BCUT2D eigenvalue weighted by molar-refractivity contribution is -0.119. The summed E-state index contributed by atoms with van der Waals surface area (Å²) < 4.78 is 6.43. The van der Waals surface area contributed by atoms with Gasteiger partial charge >= 0.3 is 0 Å². The van der Waals surface area contributed by atoms with E-state index in [0.29, 0.717) is 12.8 Å². The molecule has 4 heteroatoms. The fourth-order valence-electron chi connectivity index (χ4n) is 5.92. The molecule has 2 aromatic rings. The van der Waals surface area contributed by atoms with E-state index in [4.69, 9.17) is 4.74 Å². The smallest absolute Gasteiger partial charge is 0.166 e. The minimum absolute atomic E-state index is 0.0745. The molecule has 0 bridgehead atoms. The van der Waals surface area contributed by atoms with Crippen LogP contribution in [0.5, 0.6) is 0 Å². The van der Waals surface area contributed by atoms with E-state index in [1.54, 1.807) is 6.20 Å². The molecule has 0 saturated heterocycles. The molecule has 30 heavy (non-hydrogen) atoms. The van der Waals surface area contributed by atoms with Crippen molar-refractivity contribution in [3.8, 4) is 0 Å². The van der Waals surface area contributed by atoms with Gasteiger partial charge < -0.3 is 4.74 Å². The van der Waals surface area contributed by atoms with Crippen LogP contribution in [0.3, 0.4) is 0 Å². The van der Waals surface area contributed by atoms with Gasteiger partial charge in [0.15, 0.2) is 5.78 Å². The summed E-state index contributed by atoms with van der Waals surface area (Å²) in [6.07, 6.45) is 12.5. The van der Waals surface area contributed by atoms with Gasteiger partial charge in [-0.15, -0.1) is 0 Å². The molecule has 150 valence electrons. The highest BCUT2D eigenvalue weighted by Gasteiger charge is 2.57. The van der Waals surface area contributed by atoms with Crippen molar-refractivity contribution < 1.29 is 14.3 Å². The first-order chi connectivity index (χ1) is 14.5. The van der Waals surface area contributed by atoms with Crippen LogP contribution >= 0.6 is 0 Å². The Morgan fingerprint density at radius 3 is 2.93 bits per heavy atom. The van der Waals surface area contributed by atoms with Crippen LogP contribution in [-0.4, -0.2) is 22.7 Å². The van der Waals surface area contributed by atoms with Gasteiger partial charge in [0.25, 0.3) is 0 Å². The van der Waals surface area contributed by atoms with Crippen molar-refractivity contribution in [1.82, 2.24) is 4.98 Å². The van der Waals surface area contributed by atoms with Crippen molar-refractivity contribution in [2.45, 2.75) is 44.6 Å². The summed E-state index contributed by atoms with van der Waals surface area (Å²) in [6, 6.07) is 8.26. The Morgan fingerprint density at radius 1 is 1.13 bits per heavy atom. The SMILES string of the molecule is C[C@]12C=CC3=CC4=C(CCCC4=O)O[C@H]3[C@@H]1CC(=O)[C@@H]2c1ccc2cnccc2c1. The van der Waals surface area contributed by atoms with Gasteiger partial charge in [-0.2, -0.15) is 0 Å². The number of ether oxygens (including phenoxy) is 1. The summed E-state index contributed by atoms with van der Waals surface area (Å²) >= 11 is 0. The number of benzene rings is 1. The quantitative estimate of drug-likeness (QED) is 0.693. The van der Waals surface area contributed by atoms with Crippen molar-refractivity contribution in [3.63, 3.8) is 0 Å². The summed E-state index contributed by atoms with van der Waals surface area (Å²) in [6.45, 7) is 2.19. The Balaban J connectivity index is 1.42. The standard InChI is InChI=1S/C26H23NO3/c1-26-9-7-17-12-19-21(28)3-2-4-23(19)30-25(17)20(26)13-22(29)24(26)16-5-6-18-14-27-10-8-15(18)11-16/h5-12,14,20,24-25H,2-4,13H2,1H3/t20-,24-,25+,26-/m0/s1. The number of hydrogen-bond acceptors (Lipinski definition) is 4. The van der Waals surface area contributed by atoms with E-state index < -0.39 is 0 Å². The van der Waals surface area contributed by atoms with Crippen LogP contribution in [0.4, 0.5) is 0 Å². The van der Waals surface area contributed by atoms with Gasteiger partial charge in [0.2, 0.25) is 0 Å². The van der Waals surface area contributed by atoms with Crippen molar-refractivity contribution in [1.29, 1.82) is 0 Å². The maximum atomic E-state index is 13.3. The van der Waals surface area contributed by atoms with Gasteiger partial charge in [-0.3, -0.25) is 14.6 Å². The van der Waals surface area contributed by atoms with Crippen LogP contribution < -0.4 is 0 Å². The Morgan fingerprint density at radius 2 is 2.03 bits per heavy atom. The van der Waals surface area contributed by atoms with Crippen molar-refractivity contribution >= 4 is 22.3 Å². The van der Waals surface area contributed by atoms with E-state index >= 15 is 0 Å². The number of pyridine rings is 1. The molecule has 4 aliphatic rings. The molecule has 2 heterocycles. The van der Waals surface area contributed by atoms with Gasteiger partial charge in [0, 0.05) is 48.4 Å². The topological polar surface area (TPSA) is 56.3 Å². The highest BCUT2D eigenvalue weighted by molar-refractivity contribution is 6.00. The molecule has 6 rings (SSSR count). The Bertz CT molecular complexity index is 1200. The van der Waals surface area contributed by atoms with Crippen LogP contribution in [0.1, 0.15) is 44.1 Å². The lowest BCUT2D eigenvalue weighted by Gasteiger charge is -2.43. The number of ketones is 2. The zero-order valence-electron chi connectivity index (χ0n) is 16.9. The average molecular weight is 397 g/mol. The second kappa shape index (κ2) is 6.24. The molecule has 0 N–H and O–H groups in total. The molecule has 0 spiro atoms. The molecule has 0 radical (unpaired) electrons. The van der Waals surface area contributed by atoms with Gasteiger partial charge in [-0.25, -0.2) is 0 Å². The Kier molecular flexibility index (Phi) is 3.71. The molecule has 4 nitrogen and oxygen atoms in total. The molecule has 1 fully saturated rings. The molecule has 1 aliphatic heterocycles. The summed E-state index contributed by atoms with van der Waals surface area (Å²) in [7, 11) is 0. The Hall–Kier alpha value is -3.01. The van der Waals surface area contributed by atoms with Crippen LogP contribution in [-0.2, 0) is 14.3 Å². The number of hydrogen-bond donors (Lipinski definition) is 0. The zero-order chi connectivity index (χ0) is 20.5. The van der Waals surface area contributed by atoms with Gasteiger partial charge in [0.1, 0.15) is 17.6 Å². The van der Waals surface area contributed by atoms with E-state index in [2.05, 4.69) is 42.3 Å². The third-order valence-electron chi connectivity index (χ3n) is 7.48. The minimum Gasteiger partial charge on any atom is -0.489 e. The third-order valence-corrected chi connectivity index (χ3v) is 7.48. The fraction of sp³-hybridized carbons (Fsp3) is 0.346. The van der Waals surface area contributed by atoms with Gasteiger partial charge in [0.05, 0.1) is 11.5 Å². The average Bonchev–Trinajstić information content (AvgIpc) is 3.03. The fourth-order valence-corrected chi connectivity index (χ4v) is 5.92. The van der Waals surface area contributed by atoms with E-state index in [0.717, 1.165) is 46.1 Å². The van der Waals surface area contributed by atoms with E-state index in [1.165, 1.54) is 0 Å². The minimum atomic E-state index is -0.309. The molecule has 1 aromatic heterocycles. The normalized spacial score (nSPS) is 32.4. The molecule has 3 aliphatic carbocycles. The van der Waals surface area contributed by atoms with Crippen molar-refractivity contribution in [3.05, 3.63) is 77.4 Å². The van der Waals surface area contributed by atoms with Crippen LogP contribution in [0.2, 0.25) is 0 Å². The highest BCUT2D eigenvalue weighted by atomic mass is 16.5. The summed E-state index contributed by atoms with van der Waals surface area (Å²) in [4.78, 5) is 29.8. The lowest BCUT2D eigenvalue weighted by atomic mass is 9.64. The second-order valence-corrected chi connectivity index (χ2v) is 9.19. The first-order valence-corrected chi connectivity index (χ1v) is 10.7. The molecule has 0 unspecified atom stereocenters. The summed E-state index contributed by atoms with van der Waals surface area (Å²) in [5.74, 6) is 1.15. The Labute approximate surface area is 175 Å². The largest absolute Gasteiger partial charge is 0.489 e. The predicted octanol–water partition coefficient (Wildman–Crippen LogP) is 4.82. The number of Topliss-reactive ketones (excluding diaryl/α,β-unsaturated/α-hetero) is 2. The molecular weight excluding hydrogens is 374 g/mol. The maximum Gasteiger partial charge on any atom is 0.166 e. The predicted molar refractivity (Wildman–Crippen MR) is 114 cm³/mol. The first-order valence-electron chi connectivity index (χ1n) is 10.7. The van der Waals surface area contributed by atoms with Crippen LogP contribution in [0, 0.1) is 11.3 Å². The molecule has 4 atom stereocenters. The van der Waals surface area contributed by atoms with Crippen molar-refractivity contribution in [2.24, 2.45) is 11.3 Å². The monoisotopic (exact) mass is 397 g/mol. The molecular formula is C26H23NO3. The molecule has 1 aromatic carbocycles.